The molecule has 0 spiro atoms. The van der Waals surface area contributed by atoms with E-state index in [0.717, 1.165) is 18.5 Å². The minimum Gasteiger partial charge on any atom is -0.444 e. The summed E-state index contributed by atoms with van der Waals surface area (Å²) in [6, 6.07) is 1.93. The Bertz CT molecular complexity index is 671. The molecule has 3 heterocycles. The Kier molecular flexibility index (Phi) is 5.10. The second kappa shape index (κ2) is 6.81. The van der Waals surface area contributed by atoms with E-state index in [9.17, 15) is 4.79 Å². The second-order valence-corrected chi connectivity index (χ2v) is 9.48. The summed E-state index contributed by atoms with van der Waals surface area (Å²) >= 11 is 0. The van der Waals surface area contributed by atoms with Gasteiger partial charge in [0.2, 0.25) is 0 Å². The largest absolute Gasteiger partial charge is 0.535 e. The summed E-state index contributed by atoms with van der Waals surface area (Å²) in [7, 11) is -0.543. The van der Waals surface area contributed by atoms with Crippen molar-refractivity contribution in [2.45, 2.75) is 84.0 Å². The molecule has 0 unspecified atom stereocenters. The van der Waals surface area contributed by atoms with Gasteiger partial charge in [-0.3, -0.25) is 0 Å². The maximum Gasteiger partial charge on any atom is 0.535 e. The van der Waals surface area contributed by atoms with Gasteiger partial charge in [-0.15, -0.1) is 0 Å². The Labute approximate surface area is 161 Å². The molecule has 0 bridgehead atoms. The Morgan fingerprint density at radius 1 is 1.19 bits per heavy atom. The lowest BCUT2D eigenvalue weighted by molar-refractivity contribution is 0.00578. The van der Waals surface area contributed by atoms with E-state index in [1.54, 1.807) is 4.90 Å². The van der Waals surface area contributed by atoms with E-state index in [2.05, 4.69) is 5.16 Å². The summed E-state index contributed by atoms with van der Waals surface area (Å²) in [5, 5.41) is 4.24. The number of hydrogen-bond donors (Lipinski definition) is 0. The number of amides is 1. The van der Waals surface area contributed by atoms with E-state index >= 15 is 0 Å². The van der Waals surface area contributed by atoms with Crippen molar-refractivity contribution in [3.63, 3.8) is 0 Å². The van der Waals surface area contributed by atoms with Gasteiger partial charge < -0.3 is 23.5 Å². The predicted molar refractivity (Wildman–Crippen MR) is 102 cm³/mol. The molecule has 150 valence electrons. The zero-order valence-electron chi connectivity index (χ0n) is 17.5. The van der Waals surface area contributed by atoms with Gasteiger partial charge in [-0.05, 0) is 61.3 Å². The van der Waals surface area contributed by atoms with Crippen LogP contribution >= 0.6 is 0 Å². The molecule has 0 radical (unpaired) electrons. The van der Waals surface area contributed by atoms with Crippen LogP contribution in [0, 0.1) is 0 Å². The van der Waals surface area contributed by atoms with Crippen molar-refractivity contribution >= 4 is 18.9 Å². The summed E-state index contributed by atoms with van der Waals surface area (Å²) in [5.41, 5.74) is 0.187. The van der Waals surface area contributed by atoms with Crippen LogP contribution in [-0.4, -0.2) is 53.2 Å². The molecule has 0 aliphatic carbocycles. The van der Waals surface area contributed by atoms with Gasteiger partial charge in [0.25, 0.3) is 0 Å². The van der Waals surface area contributed by atoms with Crippen molar-refractivity contribution in [1.29, 1.82) is 0 Å². The summed E-state index contributed by atoms with van der Waals surface area (Å²) in [6.07, 6.45) is 1.41. The molecule has 2 aliphatic rings. The molecular weight excluding hydrogens is 347 g/mol. The third kappa shape index (κ3) is 4.32. The van der Waals surface area contributed by atoms with Gasteiger partial charge in [-0.2, -0.15) is 0 Å². The number of piperidine rings is 1. The fourth-order valence-electron chi connectivity index (χ4n) is 3.25. The first-order valence-electron chi connectivity index (χ1n) is 9.68. The number of carbonyl (C=O) groups excluding carboxylic acids is 1. The molecule has 1 amide bonds. The van der Waals surface area contributed by atoms with Gasteiger partial charge in [0.1, 0.15) is 5.60 Å². The number of ether oxygens (including phenoxy) is 1. The van der Waals surface area contributed by atoms with E-state index < -0.39 is 23.9 Å². The summed E-state index contributed by atoms with van der Waals surface area (Å²) in [5.74, 6) is 0.253. The average molecular weight is 378 g/mol. The lowest BCUT2D eigenvalue weighted by Crippen LogP contribution is -2.41. The van der Waals surface area contributed by atoms with Gasteiger partial charge in [0.15, 0.2) is 5.66 Å². The van der Waals surface area contributed by atoms with Crippen LogP contribution in [-0.2, 0) is 14.0 Å². The van der Waals surface area contributed by atoms with Gasteiger partial charge in [-0.1, -0.05) is 5.16 Å². The first kappa shape index (κ1) is 20.2. The SMILES string of the molecule is CC(C)(C)OC(=O)N1CCC(c2cc(B3OC(C)(C)C(C)(C)O3)on2)CC1. The molecule has 8 heteroatoms. The standard InChI is InChI=1S/C19H31BN2O5/c1-17(2,3)24-16(23)22-10-8-13(9-11-22)14-12-15(25-21-14)20-26-18(4,5)19(6,7)27-20/h12-13H,8-11H2,1-7H3. The van der Waals surface area contributed by atoms with E-state index in [4.69, 9.17) is 18.6 Å². The van der Waals surface area contributed by atoms with Crippen LogP contribution in [0.3, 0.4) is 0 Å². The third-order valence-corrected chi connectivity index (χ3v) is 5.60. The molecule has 3 rings (SSSR count). The molecule has 7 nitrogen and oxygen atoms in total. The normalized spacial score (nSPS) is 22.9. The van der Waals surface area contributed by atoms with Crippen LogP contribution < -0.4 is 5.66 Å². The summed E-state index contributed by atoms with van der Waals surface area (Å²) < 4.78 is 23.0. The van der Waals surface area contributed by atoms with Gasteiger partial charge in [-0.25, -0.2) is 4.79 Å². The van der Waals surface area contributed by atoms with E-state index in [-0.39, 0.29) is 12.0 Å². The number of nitrogens with zero attached hydrogens (tertiary/aromatic N) is 2. The Hall–Kier alpha value is -1.54. The first-order valence-corrected chi connectivity index (χ1v) is 9.68. The average Bonchev–Trinajstić information content (AvgIpc) is 3.09. The highest BCUT2D eigenvalue weighted by atomic mass is 16.7. The van der Waals surface area contributed by atoms with Crippen molar-refractivity contribution in [3.8, 4) is 0 Å². The lowest BCUT2D eigenvalue weighted by Gasteiger charge is -2.32. The van der Waals surface area contributed by atoms with Gasteiger partial charge >= 0.3 is 13.2 Å². The quantitative estimate of drug-likeness (QED) is 0.737. The monoisotopic (exact) mass is 378 g/mol. The van der Waals surface area contributed by atoms with E-state index in [1.165, 1.54) is 0 Å². The lowest BCUT2D eigenvalue weighted by atomic mass is 9.84. The number of hydrogen-bond acceptors (Lipinski definition) is 6. The zero-order chi connectivity index (χ0) is 20.0. The highest BCUT2D eigenvalue weighted by molar-refractivity contribution is 6.60. The Balaban J connectivity index is 1.58. The van der Waals surface area contributed by atoms with Gasteiger partial charge in [0.05, 0.1) is 16.9 Å². The Morgan fingerprint density at radius 3 is 2.26 bits per heavy atom. The molecule has 0 N–H and O–H groups in total. The van der Waals surface area contributed by atoms with E-state index in [0.29, 0.717) is 18.7 Å². The van der Waals surface area contributed by atoms with Crippen LogP contribution in [0.25, 0.3) is 0 Å². The molecule has 0 saturated carbocycles. The van der Waals surface area contributed by atoms with Crippen LogP contribution in [0.1, 0.15) is 72.9 Å². The molecule has 2 saturated heterocycles. The van der Waals surface area contributed by atoms with Crippen molar-refractivity contribution < 1.29 is 23.4 Å². The molecule has 2 aliphatic heterocycles. The molecule has 0 atom stereocenters. The fraction of sp³-hybridized carbons (Fsp3) is 0.789. The Morgan fingerprint density at radius 2 is 1.74 bits per heavy atom. The van der Waals surface area contributed by atoms with E-state index in [1.807, 2.05) is 54.5 Å². The number of aromatic nitrogens is 1. The second-order valence-electron chi connectivity index (χ2n) is 9.48. The van der Waals surface area contributed by atoms with Gasteiger partial charge in [0, 0.05) is 25.1 Å². The zero-order valence-corrected chi connectivity index (χ0v) is 17.5. The maximum absolute atomic E-state index is 12.2. The summed E-state index contributed by atoms with van der Waals surface area (Å²) in [4.78, 5) is 14.0. The van der Waals surface area contributed by atoms with Crippen LogP contribution in [0.5, 0.6) is 0 Å². The first-order chi connectivity index (χ1) is 12.4. The fourth-order valence-corrected chi connectivity index (χ4v) is 3.25. The highest BCUT2D eigenvalue weighted by Gasteiger charge is 2.53. The minimum absolute atomic E-state index is 0.251. The smallest absolute Gasteiger partial charge is 0.444 e. The van der Waals surface area contributed by atoms with Crippen LogP contribution in [0.15, 0.2) is 10.6 Å². The van der Waals surface area contributed by atoms with Crippen LogP contribution in [0.4, 0.5) is 4.79 Å². The minimum atomic E-state index is -0.543. The molecule has 1 aromatic heterocycles. The predicted octanol–water partition coefficient (Wildman–Crippen LogP) is 3.09. The molecule has 0 aromatic carbocycles. The maximum atomic E-state index is 12.2. The number of rotatable bonds is 2. The molecule has 1 aromatic rings. The van der Waals surface area contributed by atoms with Crippen molar-refractivity contribution in [2.75, 3.05) is 13.1 Å². The highest BCUT2D eigenvalue weighted by Crippen LogP contribution is 2.37. The summed E-state index contributed by atoms with van der Waals surface area (Å²) in [6.45, 7) is 15.0. The molecule has 27 heavy (non-hydrogen) atoms. The molecular formula is C19H31BN2O5. The van der Waals surface area contributed by atoms with Crippen molar-refractivity contribution in [2.24, 2.45) is 0 Å². The topological polar surface area (TPSA) is 74.0 Å². The third-order valence-electron chi connectivity index (χ3n) is 5.60. The molecule has 2 fully saturated rings. The number of likely N-dealkylation sites (tertiary alicyclic amines) is 1. The van der Waals surface area contributed by atoms with Crippen molar-refractivity contribution in [3.05, 3.63) is 11.8 Å². The van der Waals surface area contributed by atoms with Crippen molar-refractivity contribution in [1.82, 2.24) is 10.1 Å². The number of carbonyl (C=O) groups is 1. The van der Waals surface area contributed by atoms with Crippen LogP contribution in [0.2, 0.25) is 0 Å².